The lowest BCUT2D eigenvalue weighted by molar-refractivity contribution is -0.158. The van der Waals surface area contributed by atoms with Gasteiger partial charge in [-0.3, -0.25) is 4.90 Å². The van der Waals surface area contributed by atoms with Gasteiger partial charge in [0.15, 0.2) is 0 Å². The first-order valence-electron chi connectivity index (χ1n) is 6.94. The number of cyclic esters (lactones) is 1. The van der Waals surface area contributed by atoms with E-state index in [-0.39, 0.29) is 24.2 Å². The van der Waals surface area contributed by atoms with E-state index in [0.717, 1.165) is 11.1 Å². The number of nitrogens with zero attached hydrogens (tertiary/aromatic N) is 1. The number of ether oxygens (including phenoxy) is 1. The Morgan fingerprint density at radius 1 is 1.09 bits per heavy atom. The minimum atomic E-state index is -0.473. The van der Waals surface area contributed by atoms with Gasteiger partial charge in [-0.05, 0) is 23.3 Å². The van der Waals surface area contributed by atoms with Gasteiger partial charge in [-0.25, -0.2) is 9.18 Å². The predicted molar refractivity (Wildman–Crippen MR) is 84.2 cm³/mol. The molecule has 1 heterocycles. The first-order valence-corrected chi connectivity index (χ1v) is 6.94. The normalized spacial score (nSPS) is 18.4. The molecule has 22 heavy (non-hydrogen) atoms. The van der Waals surface area contributed by atoms with Crippen molar-refractivity contribution in [2.24, 2.45) is 0 Å². The van der Waals surface area contributed by atoms with Crippen molar-refractivity contribution >= 4 is 18.4 Å². The molecule has 0 N–H and O–H groups in total. The largest absolute Gasteiger partial charge is 0.463 e. The molecular weight excluding hydrogens is 305 g/mol. The summed E-state index contributed by atoms with van der Waals surface area (Å²) in [6.45, 7) is 1.73. The van der Waals surface area contributed by atoms with Crippen LogP contribution < -0.4 is 0 Å². The Balaban J connectivity index is 0.00000176. The zero-order valence-corrected chi connectivity index (χ0v) is 12.8. The summed E-state index contributed by atoms with van der Waals surface area (Å²) in [5.74, 6) is -0.582. The number of rotatable bonds is 3. The molecule has 0 spiro atoms. The number of hydrogen-bond donors (Lipinski definition) is 0. The summed E-state index contributed by atoms with van der Waals surface area (Å²) in [6, 6.07) is 15.5. The van der Waals surface area contributed by atoms with Crippen LogP contribution in [0.15, 0.2) is 54.6 Å². The van der Waals surface area contributed by atoms with Gasteiger partial charge in [0.05, 0.1) is 0 Å². The smallest absolute Gasteiger partial charge is 0.328 e. The minimum Gasteiger partial charge on any atom is -0.463 e. The Morgan fingerprint density at radius 2 is 1.77 bits per heavy atom. The summed E-state index contributed by atoms with van der Waals surface area (Å²) in [5, 5.41) is 0. The summed E-state index contributed by atoms with van der Waals surface area (Å²) in [4.78, 5) is 14.2. The van der Waals surface area contributed by atoms with E-state index in [0.29, 0.717) is 19.7 Å². The van der Waals surface area contributed by atoms with Gasteiger partial charge in [0.25, 0.3) is 0 Å². The standard InChI is InChI=1S/C17H16FNO2.ClH/c18-15-8-6-14(7-9-15)16-17(20)21-11-10-19(16)12-13-4-2-1-3-5-13;/h1-9,16H,10-12H2;1H. The fraction of sp³-hybridized carbons (Fsp3) is 0.235. The van der Waals surface area contributed by atoms with E-state index in [9.17, 15) is 9.18 Å². The number of esters is 1. The Hall–Kier alpha value is -1.91. The molecule has 2 aromatic carbocycles. The molecule has 1 atom stereocenters. The van der Waals surface area contributed by atoms with Crippen LogP contribution >= 0.6 is 12.4 Å². The third-order valence-electron chi connectivity index (χ3n) is 3.63. The quantitative estimate of drug-likeness (QED) is 0.812. The van der Waals surface area contributed by atoms with E-state index in [1.807, 2.05) is 30.3 Å². The Labute approximate surface area is 135 Å². The summed E-state index contributed by atoms with van der Waals surface area (Å²) in [7, 11) is 0. The van der Waals surface area contributed by atoms with Crippen LogP contribution in [0.4, 0.5) is 4.39 Å². The third-order valence-corrected chi connectivity index (χ3v) is 3.63. The summed E-state index contributed by atoms with van der Waals surface area (Å²) in [6.07, 6.45) is 0. The van der Waals surface area contributed by atoms with Crippen LogP contribution in [0.3, 0.4) is 0 Å². The van der Waals surface area contributed by atoms with Crippen LogP contribution in [0.1, 0.15) is 17.2 Å². The van der Waals surface area contributed by atoms with Crippen molar-refractivity contribution in [3.05, 3.63) is 71.5 Å². The zero-order chi connectivity index (χ0) is 14.7. The van der Waals surface area contributed by atoms with Crippen LogP contribution in [0.25, 0.3) is 0 Å². The lowest BCUT2D eigenvalue weighted by atomic mass is 10.0. The lowest BCUT2D eigenvalue weighted by Gasteiger charge is -2.34. The van der Waals surface area contributed by atoms with E-state index >= 15 is 0 Å². The molecule has 5 heteroatoms. The van der Waals surface area contributed by atoms with Crippen LogP contribution in [-0.2, 0) is 16.1 Å². The van der Waals surface area contributed by atoms with Crippen LogP contribution in [-0.4, -0.2) is 24.0 Å². The second kappa shape index (κ2) is 7.38. The molecule has 116 valence electrons. The molecule has 0 saturated carbocycles. The molecule has 3 rings (SSSR count). The van der Waals surface area contributed by atoms with E-state index in [1.54, 1.807) is 12.1 Å². The maximum absolute atomic E-state index is 13.1. The highest BCUT2D eigenvalue weighted by atomic mass is 35.5. The summed E-state index contributed by atoms with van der Waals surface area (Å²) >= 11 is 0. The van der Waals surface area contributed by atoms with E-state index in [4.69, 9.17) is 4.74 Å². The van der Waals surface area contributed by atoms with Gasteiger partial charge in [0.2, 0.25) is 0 Å². The molecule has 0 aromatic heterocycles. The number of carbonyl (C=O) groups excluding carboxylic acids is 1. The number of morpholine rings is 1. The van der Waals surface area contributed by atoms with E-state index < -0.39 is 6.04 Å². The van der Waals surface area contributed by atoms with Crippen LogP contribution in [0, 0.1) is 5.82 Å². The lowest BCUT2D eigenvalue weighted by Crippen LogP contribution is -2.42. The highest BCUT2D eigenvalue weighted by molar-refractivity contribution is 5.85. The SMILES string of the molecule is Cl.O=C1OCCN(Cc2ccccc2)C1c1ccc(F)cc1. The Morgan fingerprint density at radius 3 is 2.45 bits per heavy atom. The molecule has 0 aliphatic carbocycles. The Bertz CT molecular complexity index is 618. The first-order chi connectivity index (χ1) is 10.2. The van der Waals surface area contributed by atoms with Gasteiger partial charge in [0, 0.05) is 13.1 Å². The fourth-order valence-corrected chi connectivity index (χ4v) is 2.60. The van der Waals surface area contributed by atoms with Gasteiger partial charge >= 0.3 is 5.97 Å². The second-order valence-electron chi connectivity index (χ2n) is 5.08. The number of halogens is 2. The second-order valence-corrected chi connectivity index (χ2v) is 5.08. The van der Waals surface area contributed by atoms with Crippen molar-refractivity contribution in [1.29, 1.82) is 0 Å². The molecule has 1 fully saturated rings. The summed E-state index contributed by atoms with van der Waals surface area (Å²) in [5.41, 5.74) is 1.90. The van der Waals surface area contributed by atoms with Gasteiger partial charge in [-0.2, -0.15) is 0 Å². The molecule has 1 unspecified atom stereocenters. The van der Waals surface area contributed by atoms with E-state index in [1.165, 1.54) is 12.1 Å². The Kier molecular flexibility index (Phi) is 5.52. The van der Waals surface area contributed by atoms with Crippen molar-refractivity contribution in [1.82, 2.24) is 4.90 Å². The van der Waals surface area contributed by atoms with Crippen molar-refractivity contribution in [2.75, 3.05) is 13.2 Å². The first kappa shape index (κ1) is 16.5. The minimum absolute atomic E-state index is 0. The molecule has 0 amide bonds. The topological polar surface area (TPSA) is 29.5 Å². The van der Waals surface area contributed by atoms with Crippen molar-refractivity contribution < 1.29 is 13.9 Å². The molecule has 1 aliphatic heterocycles. The molecule has 0 radical (unpaired) electrons. The molecule has 2 aromatic rings. The zero-order valence-electron chi connectivity index (χ0n) is 11.9. The number of hydrogen-bond acceptors (Lipinski definition) is 3. The molecule has 0 bridgehead atoms. The highest BCUT2D eigenvalue weighted by Gasteiger charge is 2.32. The summed E-state index contributed by atoms with van der Waals surface area (Å²) < 4.78 is 18.2. The van der Waals surface area contributed by atoms with Gasteiger partial charge < -0.3 is 4.74 Å². The van der Waals surface area contributed by atoms with Gasteiger partial charge in [-0.1, -0.05) is 42.5 Å². The average Bonchev–Trinajstić information content (AvgIpc) is 2.50. The maximum atomic E-state index is 13.1. The van der Waals surface area contributed by atoms with Crippen molar-refractivity contribution in [2.45, 2.75) is 12.6 Å². The number of benzene rings is 2. The number of carbonyl (C=O) groups is 1. The molecular formula is C17H17ClFNO2. The average molecular weight is 322 g/mol. The van der Waals surface area contributed by atoms with E-state index in [2.05, 4.69) is 4.90 Å². The van der Waals surface area contributed by atoms with Gasteiger partial charge in [-0.15, -0.1) is 12.4 Å². The third kappa shape index (κ3) is 3.64. The monoisotopic (exact) mass is 321 g/mol. The van der Waals surface area contributed by atoms with Crippen LogP contribution in [0.5, 0.6) is 0 Å². The van der Waals surface area contributed by atoms with Crippen LogP contribution in [0.2, 0.25) is 0 Å². The van der Waals surface area contributed by atoms with Crippen molar-refractivity contribution in [3.8, 4) is 0 Å². The predicted octanol–water partition coefficient (Wildman–Crippen LogP) is 3.35. The highest BCUT2D eigenvalue weighted by Crippen LogP contribution is 2.27. The van der Waals surface area contributed by atoms with Crippen molar-refractivity contribution in [3.63, 3.8) is 0 Å². The maximum Gasteiger partial charge on any atom is 0.328 e. The molecule has 3 nitrogen and oxygen atoms in total. The fourth-order valence-electron chi connectivity index (χ4n) is 2.60. The molecule has 1 saturated heterocycles. The van der Waals surface area contributed by atoms with Gasteiger partial charge in [0.1, 0.15) is 18.5 Å². The molecule has 1 aliphatic rings.